The molecule has 0 aliphatic rings. The van der Waals surface area contributed by atoms with Crippen LogP contribution in [-0.4, -0.2) is 29.2 Å². The number of aliphatic carboxylic acids is 1. The second-order valence-corrected chi connectivity index (χ2v) is 6.81. The summed E-state index contributed by atoms with van der Waals surface area (Å²) in [5.41, 5.74) is -1.27. The van der Waals surface area contributed by atoms with E-state index < -0.39 is 17.5 Å². The average Bonchev–Trinajstić information content (AvgIpc) is 2.63. The van der Waals surface area contributed by atoms with Crippen molar-refractivity contribution in [2.75, 3.05) is 6.54 Å². The molecule has 1 aromatic rings. The number of hydrogen-bond donors (Lipinski definition) is 3. The lowest BCUT2D eigenvalue weighted by molar-refractivity contribution is -0.142. The van der Waals surface area contributed by atoms with E-state index in [1.54, 1.807) is 11.3 Å². The Morgan fingerprint density at radius 3 is 2.61 bits per heavy atom. The average molecular weight is 335 g/mol. The molecule has 0 spiro atoms. The van der Waals surface area contributed by atoms with Gasteiger partial charge in [0.1, 0.15) is 5.54 Å². The van der Waals surface area contributed by atoms with Crippen molar-refractivity contribution in [3.63, 3.8) is 0 Å². The summed E-state index contributed by atoms with van der Waals surface area (Å²) in [7, 11) is 0. The summed E-state index contributed by atoms with van der Waals surface area (Å²) in [6.45, 7) is 3.34. The molecule has 2 amide bonds. The highest BCUT2D eigenvalue weighted by Crippen LogP contribution is 2.21. The fraction of sp³-hybridized carbons (Fsp3) is 0.455. The molecule has 100 valence electrons. The van der Waals surface area contributed by atoms with Gasteiger partial charge in [-0.2, -0.15) is 0 Å². The third-order valence-electron chi connectivity index (χ3n) is 2.25. The number of carboxylic acid groups (broad SMARTS) is 1. The van der Waals surface area contributed by atoms with Crippen molar-refractivity contribution in [3.8, 4) is 0 Å². The quantitative estimate of drug-likeness (QED) is 0.772. The molecular formula is C11H15BrN2O3S. The molecule has 1 aromatic heterocycles. The lowest BCUT2D eigenvalue weighted by atomic mass is 10.1. The Bertz CT molecular complexity index is 445. The zero-order chi connectivity index (χ0) is 13.8. The largest absolute Gasteiger partial charge is 0.480 e. The van der Waals surface area contributed by atoms with Crippen molar-refractivity contribution in [2.45, 2.75) is 25.8 Å². The predicted molar refractivity (Wildman–Crippen MR) is 74.0 cm³/mol. The van der Waals surface area contributed by atoms with Gasteiger partial charge in [-0.1, -0.05) is 0 Å². The van der Waals surface area contributed by atoms with Crippen molar-refractivity contribution < 1.29 is 14.7 Å². The minimum atomic E-state index is -1.27. The van der Waals surface area contributed by atoms with E-state index in [0.717, 1.165) is 15.1 Å². The number of amides is 2. The fourth-order valence-corrected chi connectivity index (χ4v) is 2.65. The Labute approximate surface area is 118 Å². The molecule has 3 N–H and O–H groups in total. The number of hydrogen-bond acceptors (Lipinski definition) is 3. The molecule has 0 unspecified atom stereocenters. The van der Waals surface area contributed by atoms with Gasteiger partial charge in [-0.15, -0.1) is 11.3 Å². The number of halogens is 1. The summed E-state index contributed by atoms with van der Waals surface area (Å²) in [5, 5.41) is 13.9. The van der Waals surface area contributed by atoms with Gasteiger partial charge < -0.3 is 15.7 Å². The summed E-state index contributed by atoms with van der Waals surface area (Å²) in [6.07, 6.45) is 0.719. The van der Waals surface area contributed by atoms with Crippen LogP contribution in [0.4, 0.5) is 4.79 Å². The molecule has 0 aromatic carbocycles. The van der Waals surface area contributed by atoms with E-state index in [2.05, 4.69) is 26.6 Å². The lowest BCUT2D eigenvalue weighted by Gasteiger charge is -2.21. The third-order valence-corrected chi connectivity index (χ3v) is 3.93. The zero-order valence-corrected chi connectivity index (χ0v) is 12.5. The highest BCUT2D eigenvalue weighted by Gasteiger charge is 2.28. The molecule has 1 heterocycles. The summed E-state index contributed by atoms with van der Waals surface area (Å²) >= 11 is 4.97. The molecule has 0 aliphatic heterocycles. The second kappa shape index (κ2) is 6.19. The lowest BCUT2D eigenvalue weighted by Crippen LogP contribution is -2.53. The molecule has 18 heavy (non-hydrogen) atoms. The Hall–Kier alpha value is -1.08. The standard InChI is InChI=1S/C11H15BrN2O3S/c1-11(2,9(15)16)14-10(17)13-6-5-7-3-4-8(12)18-7/h3-4H,5-6H2,1-2H3,(H,15,16)(H2,13,14,17). The number of carboxylic acids is 1. The maximum atomic E-state index is 11.5. The van der Waals surface area contributed by atoms with Crippen LogP contribution < -0.4 is 10.6 Å². The molecule has 0 saturated carbocycles. The number of urea groups is 1. The summed E-state index contributed by atoms with van der Waals surface area (Å²) in [6, 6.07) is 3.46. The molecule has 5 nitrogen and oxygen atoms in total. The van der Waals surface area contributed by atoms with Gasteiger partial charge in [-0.3, -0.25) is 0 Å². The fourth-order valence-electron chi connectivity index (χ4n) is 1.17. The summed E-state index contributed by atoms with van der Waals surface area (Å²) in [5.74, 6) is -1.07. The van der Waals surface area contributed by atoms with Crippen LogP contribution in [0.15, 0.2) is 15.9 Å². The topological polar surface area (TPSA) is 78.4 Å². The zero-order valence-electron chi connectivity index (χ0n) is 10.1. The van der Waals surface area contributed by atoms with Gasteiger partial charge >= 0.3 is 12.0 Å². The van der Waals surface area contributed by atoms with Crippen LogP contribution >= 0.6 is 27.3 Å². The molecular weight excluding hydrogens is 320 g/mol. The normalized spacial score (nSPS) is 11.1. The van der Waals surface area contributed by atoms with Gasteiger partial charge in [0.2, 0.25) is 0 Å². The molecule has 0 bridgehead atoms. The minimum absolute atomic E-state index is 0.467. The molecule has 0 fully saturated rings. The molecule has 0 radical (unpaired) electrons. The molecule has 7 heteroatoms. The van der Waals surface area contributed by atoms with Crippen LogP contribution in [0.3, 0.4) is 0 Å². The van der Waals surface area contributed by atoms with Crippen LogP contribution in [0.2, 0.25) is 0 Å². The second-order valence-electron chi connectivity index (χ2n) is 4.27. The van der Waals surface area contributed by atoms with Crippen LogP contribution in [0.25, 0.3) is 0 Å². The summed E-state index contributed by atoms with van der Waals surface area (Å²) in [4.78, 5) is 23.4. The van der Waals surface area contributed by atoms with E-state index in [4.69, 9.17) is 5.11 Å². The Morgan fingerprint density at radius 2 is 2.11 bits per heavy atom. The minimum Gasteiger partial charge on any atom is -0.480 e. The van der Waals surface area contributed by atoms with Crippen LogP contribution in [0, 0.1) is 0 Å². The number of carbonyl (C=O) groups excluding carboxylic acids is 1. The summed E-state index contributed by atoms with van der Waals surface area (Å²) < 4.78 is 1.05. The van der Waals surface area contributed by atoms with Gasteiger partial charge in [0.15, 0.2) is 0 Å². The van der Waals surface area contributed by atoms with E-state index in [1.807, 2.05) is 12.1 Å². The van der Waals surface area contributed by atoms with Crippen molar-refractivity contribution in [2.24, 2.45) is 0 Å². The maximum Gasteiger partial charge on any atom is 0.328 e. The predicted octanol–water partition coefficient (Wildman–Crippen LogP) is 2.22. The number of thiophene rings is 1. The first-order chi connectivity index (χ1) is 8.31. The highest BCUT2D eigenvalue weighted by molar-refractivity contribution is 9.11. The van der Waals surface area contributed by atoms with Gasteiger partial charge in [0.05, 0.1) is 3.79 Å². The van der Waals surface area contributed by atoms with Gasteiger partial charge in [0, 0.05) is 11.4 Å². The smallest absolute Gasteiger partial charge is 0.328 e. The highest BCUT2D eigenvalue weighted by atomic mass is 79.9. The van der Waals surface area contributed by atoms with E-state index in [9.17, 15) is 9.59 Å². The monoisotopic (exact) mass is 334 g/mol. The molecule has 0 saturated heterocycles. The first-order valence-electron chi connectivity index (χ1n) is 5.35. The first-order valence-corrected chi connectivity index (χ1v) is 6.96. The number of nitrogens with one attached hydrogen (secondary N) is 2. The number of carbonyl (C=O) groups is 2. The van der Waals surface area contributed by atoms with E-state index in [-0.39, 0.29) is 0 Å². The van der Waals surface area contributed by atoms with Crippen molar-refractivity contribution >= 4 is 39.3 Å². The first kappa shape index (κ1) is 15.0. The van der Waals surface area contributed by atoms with E-state index in [1.165, 1.54) is 13.8 Å². The Morgan fingerprint density at radius 1 is 1.44 bits per heavy atom. The van der Waals surface area contributed by atoms with Crippen LogP contribution in [0.1, 0.15) is 18.7 Å². The molecule has 1 rings (SSSR count). The van der Waals surface area contributed by atoms with Gasteiger partial charge in [-0.05, 0) is 48.3 Å². The molecule has 0 aliphatic carbocycles. The van der Waals surface area contributed by atoms with Gasteiger partial charge in [-0.25, -0.2) is 9.59 Å². The van der Waals surface area contributed by atoms with E-state index >= 15 is 0 Å². The molecule has 0 atom stereocenters. The van der Waals surface area contributed by atoms with Crippen molar-refractivity contribution in [1.82, 2.24) is 10.6 Å². The Kier molecular flexibility index (Phi) is 5.15. The SMILES string of the molecule is CC(C)(NC(=O)NCCc1ccc(Br)s1)C(=O)O. The number of rotatable bonds is 5. The van der Waals surface area contributed by atoms with Crippen LogP contribution in [-0.2, 0) is 11.2 Å². The third kappa shape index (κ3) is 4.66. The maximum absolute atomic E-state index is 11.5. The van der Waals surface area contributed by atoms with Crippen molar-refractivity contribution in [1.29, 1.82) is 0 Å². The van der Waals surface area contributed by atoms with Gasteiger partial charge in [0.25, 0.3) is 0 Å². The van der Waals surface area contributed by atoms with E-state index in [0.29, 0.717) is 6.54 Å². The van der Waals surface area contributed by atoms with Crippen molar-refractivity contribution in [3.05, 3.63) is 20.8 Å². The Balaban J connectivity index is 2.32. The van der Waals surface area contributed by atoms with Crippen LogP contribution in [0.5, 0.6) is 0 Å².